The fourth-order valence-electron chi connectivity index (χ4n) is 1.63. The van der Waals surface area contributed by atoms with Crippen molar-refractivity contribution in [3.63, 3.8) is 0 Å². The highest BCUT2D eigenvalue weighted by Crippen LogP contribution is 1.97. The maximum absolute atomic E-state index is 11.8. The summed E-state index contributed by atoms with van der Waals surface area (Å²) in [5, 5.41) is 2.88. The molecule has 0 atom stereocenters. The van der Waals surface area contributed by atoms with Gasteiger partial charge in [-0.15, -0.1) is 0 Å². The fraction of sp³-hybridized carbons (Fsp3) is 0.692. The molecule has 1 aromatic heterocycles. The van der Waals surface area contributed by atoms with Crippen LogP contribution in [-0.2, 0) is 6.54 Å². The summed E-state index contributed by atoms with van der Waals surface area (Å²) >= 11 is 0. The van der Waals surface area contributed by atoms with E-state index in [4.69, 9.17) is 5.73 Å². The highest BCUT2D eigenvalue weighted by molar-refractivity contribution is 5.91. The molecule has 1 rings (SSSR count). The lowest BCUT2D eigenvalue weighted by Crippen LogP contribution is -2.31. The highest BCUT2D eigenvalue weighted by Gasteiger charge is 2.08. The zero-order valence-electron chi connectivity index (χ0n) is 12.1. The molecule has 6 heteroatoms. The van der Waals surface area contributed by atoms with Gasteiger partial charge in [0.25, 0.3) is 5.91 Å². The minimum atomic E-state index is -0.122. The van der Waals surface area contributed by atoms with E-state index in [0.29, 0.717) is 31.4 Å². The smallest absolute Gasteiger partial charge is 0.271 e. The second-order valence-electron chi connectivity index (χ2n) is 4.97. The number of carbonyl (C=O) groups excluding carboxylic acids is 1. The molecule has 108 valence electrons. The van der Waals surface area contributed by atoms with E-state index in [9.17, 15) is 4.79 Å². The van der Waals surface area contributed by atoms with E-state index in [1.54, 1.807) is 12.5 Å². The average Bonchev–Trinajstić information content (AvgIpc) is 2.83. The molecule has 0 unspecified atom stereocenters. The van der Waals surface area contributed by atoms with E-state index in [2.05, 4.69) is 36.1 Å². The molecule has 0 saturated carbocycles. The molecule has 19 heavy (non-hydrogen) atoms. The Hall–Kier alpha value is -1.40. The number of amides is 1. The van der Waals surface area contributed by atoms with E-state index in [0.717, 1.165) is 13.0 Å². The lowest BCUT2D eigenvalue weighted by atomic mass is 10.3. The van der Waals surface area contributed by atoms with Gasteiger partial charge in [-0.2, -0.15) is 0 Å². The number of imidazole rings is 1. The van der Waals surface area contributed by atoms with Crippen LogP contribution in [0.1, 0.15) is 30.8 Å². The quantitative estimate of drug-likeness (QED) is 0.664. The van der Waals surface area contributed by atoms with Crippen LogP contribution in [0.2, 0.25) is 0 Å². The van der Waals surface area contributed by atoms with Crippen LogP contribution in [0.15, 0.2) is 12.5 Å². The minimum Gasteiger partial charge on any atom is -0.351 e. The maximum Gasteiger partial charge on any atom is 0.271 e. The summed E-state index contributed by atoms with van der Waals surface area (Å²) in [5.41, 5.74) is 5.89. The number of carbonyl (C=O) groups is 1. The Morgan fingerprint density at radius 1 is 1.58 bits per heavy atom. The second kappa shape index (κ2) is 7.91. The first kappa shape index (κ1) is 15.7. The monoisotopic (exact) mass is 267 g/mol. The summed E-state index contributed by atoms with van der Waals surface area (Å²) in [6.45, 7) is 7.17. The van der Waals surface area contributed by atoms with Gasteiger partial charge in [0.1, 0.15) is 5.69 Å². The normalized spacial score (nSPS) is 11.3. The topological polar surface area (TPSA) is 76.2 Å². The summed E-state index contributed by atoms with van der Waals surface area (Å²) in [4.78, 5) is 18.1. The third kappa shape index (κ3) is 5.40. The third-order valence-electron chi connectivity index (χ3n) is 3.11. The lowest BCUT2D eigenvalue weighted by Gasteiger charge is -2.20. The number of hydrogen-bond acceptors (Lipinski definition) is 4. The number of hydrogen-bond donors (Lipinski definition) is 2. The van der Waals surface area contributed by atoms with Gasteiger partial charge in [0.2, 0.25) is 0 Å². The van der Waals surface area contributed by atoms with E-state index in [1.165, 1.54) is 0 Å². The molecule has 0 saturated heterocycles. The molecule has 0 aliphatic heterocycles. The molecule has 0 aromatic carbocycles. The Morgan fingerprint density at radius 2 is 2.32 bits per heavy atom. The molecule has 0 aliphatic carbocycles. The van der Waals surface area contributed by atoms with E-state index in [1.807, 2.05) is 4.57 Å². The van der Waals surface area contributed by atoms with E-state index < -0.39 is 0 Å². The predicted octanol–water partition coefficient (Wildman–Crippen LogP) is 0.302. The van der Waals surface area contributed by atoms with Crippen molar-refractivity contribution in [1.82, 2.24) is 19.8 Å². The van der Waals surface area contributed by atoms with Crippen molar-refractivity contribution in [2.75, 3.05) is 26.7 Å². The number of rotatable bonds is 8. The van der Waals surface area contributed by atoms with Crippen LogP contribution in [0, 0.1) is 0 Å². The molecule has 0 radical (unpaired) electrons. The predicted molar refractivity (Wildman–Crippen MR) is 76.0 cm³/mol. The van der Waals surface area contributed by atoms with Gasteiger partial charge in [-0.25, -0.2) is 4.98 Å². The fourth-order valence-corrected chi connectivity index (χ4v) is 1.63. The van der Waals surface area contributed by atoms with Crippen LogP contribution in [0.3, 0.4) is 0 Å². The van der Waals surface area contributed by atoms with Crippen molar-refractivity contribution >= 4 is 5.91 Å². The number of nitrogens with zero attached hydrogens (tertiary/aromatic N) is 3. The van der Waals surface area contributed by atoms with E-state index >= 15 is 0 Å². The Kier molecular flexibility index (Phi) is 6.52. The molecule has 1 amide bonds. The summed E-state index contributed by atoms with van der Waals surface area (Å²) in [7, 11) is 2.08. The van der Waals surface area contributed by atoms with Crippen LogP contribution in [0.4, 0.5) is 0 Å². The highest BCUT2D eigenvalue weighted by atomic mass is 16.1. The van der Waals surface area contributed by atoms with Crippen molar-refractivity contribution in [2.24, 2.45) is 5.73 Å². The molecule has 6 nitrogen and oxygen atoms in total. The molecular weight excluding hydrogens is 242 g/mol. The van der Waals surface area contributed by atoms with Crippen LogP contribution in [0.25, 0.3) is 0 Å². The first-order valence-corrected chi connectivity index (χ1v) is 6.75. The third-order valence-corrected chi connectivity index (χ3v) is 3.11. The summed E-state index contributed by atoms with van der Waals surface area (Å²) in [6, 6.07) is 0.530. The van der Waals surface area contributed by atoms with Gasteiger partial charge >= 0.3 is 0 Å². The molecule has 1 heterocycles. The Bertz CT molecular complexity index is 388. The van der Waals surface area contributed by atoms with Crippen LogP contribution >= 0.6 is 0 Å². The standard InChI is InChI=1S/C13H25N5O/c1-11(2)17(3)7-4-6-15-13(19)12-9-18(8-5-14)10-16-12/h9-11H,4-8,14H2,1-3H3,(H,15,19). The summed E-state index contributed by atoms with van der Waals surface area (Å²) < 4.78 is 1.82. The molecule has 0 fully saturated rings. The Balaban J connectivity index is 2.27. The SMILES string of the molecule is CC(C)N(C)CCCNC(=O)c1cn(CCN)cn1. The number of nitrogens with two attached hydrogens (primary N) is 1. The van der Waals surface area contributed by atoms with Gasteiger partial charge in [-0.05, 0) is 33.9 Å². The maximum atomic E-state index is 11.8. The first-order valence-electron chi connectivity index (χ1n) is 6.75. The molecule has 0 aliphatic rings. The zero-order valence-corrected chi connectivity index (χ0v) is 12.1. The minimum absolute atomic E-state index is 0.122. The van der Waals surface area contributed by atoms with Gasteiger partial charge < -0.3 is 20.5 Å². The molecule has 0 spiro atoms. The summed E-state index contributed by atoms with van der Waals surface area (Å²) in [5.74, 6) is -0.122. The van der Waals surface area contributed by atoms with Crippen molar-refractivity contribution in [2.45, 2.75) is 32.9 Å². The van der Waals surface area contributed by atoms with Crippen LogP contribution in [-0.4, -0.2) is 53.1 Å². The molecular formula is C13H25N5O. The first-order chi connectivity index (χ1) is 9.04. The van der Waals surface area contributed by atoms with Crippen molar-refractivity contribution < 1.29 is 4.79 Å². The van der Waals surface area contributed by atoms with Crippen molar-refractivity contribution in [1.29, 1.82) is 0 Å². The Labute approximate surface area is 115 Å². The number of nitrogens with one attached hydrogen (secondary N) is 1. The molecule has 3 N–H and O–H groups in total. The molecule has 0 bridgehead atoms. The van der Waals surface area contributed by atoms with Gasteiger partial charge in [-0.3, -0.25) is 4.79 Å². The Morgan fingerprint density at radius 3 is 2.95 bits per heavy atom. The second-order valence-corrected chi connectivity index (χ2v) is 4.97. The van der Waals surface area contributed by atoms with E-state index in [-0.39, 0.29) is 5.91 Å². The van der Waals surface area contributed by atoms with Gasteiger partial charge in [0.15, 0.2) is 0 Å². The van der Waals surface area contributed by atoms with Crippen LogP contribution < -0.4 is 11.1 Å². The van der Waals surface area contributed by atoms with Crippen molar-refractivity contribution in [3.8, 4) is 0 Å². The lowest BCUT2D eigenvalue weighted by molar-refractivity contribution is 0.0947. The van der Waals surface area contributed by atoms with Crippen molar-refractivity contribution in [3.05, 3.63) is 18.2 Å². The van der Waals surface area contributed by atoms with Gasteiger partial charge in [0, 0.05) is 31.9 Å². The van der Waals surface area contributed by atoms with Crippen LogP contribution in [0.5, 0.6) is 0 Å². The number of aromatic nitrogens is 2. The van der Waals surface area contributed by atoms with Gasteiger partial charge in [0.05, 0.1) is 6.33 Å². The zero-order chi connectivity index (χ0) is 14.3. The summed E-state index contributed by atoms with van der Waals surface area (Å²) in [6.07, 6.45) is 4.29. The van der Waals surface area contributed by atoms with Gasteiger partial charge in [-0.1, -0.05) is 0 Å². The average molecular weight is 267 g/mol. The largest absolute Gasteiger partial charge is 0.351 e. The molecule has 1 aromatic rings.